The predicted octanol–water partition coefficient (Wildman–Crippen LogP) is 2.92. The monoisotopic (exact) mass is 271 g/mol. The fraction of sp³-hybridized carbons (Fsp3) is 0.294. The summed E-state index contributed by atoms with van der Waals surface area (Å²) in [6.07, 6.45) is 0.688. The number of rotatable bonds is 4. The van der Waals surface area contributed by atoms with Gasteiger partial charge in [0.2, 0.25) is 0 Å². The van der Waals surface area contributed by atoms with Crippen LogP contribution in [0.1, 0.15) is 11.1 Å². The molecule has 1 heterocycles. The van der Waals surface area contributed by atoms with Crippen molar-refractivity contribution in [3.8, 4) is 5.75 Å². The van der Waals surface area contributed by atoms with Crippen LogP contribution in [0.15, 0.2) is 48.5 Å². The van der Waals surface area contributed by atoms with Gasteiger partial charge in [0.25, 0.3) is 0 Å². The Balaban J connectivity index is 1.93. The number of hydrogen-bond donors (Lipinski definition) is 1. The quantitative estimate of drug-likeness (QED) is 0.923. The van der Waals surface area contributed by atoms with Crippen molar-refractivity contribution in [1.82, 2.24) is 5.32 Å². The summed E-state index contributed by atoms with van der Waals surface area (Å²) in [5.41, 5.74) is 1.98. The zero-order valence-corrected chi connectivity index (χ0v) is 11.5. The van der Waals surface area contributed by atoms with Gasteiger partial charge in [-0.25, -0.2) is 4.39 Å². The van der Waals surface area contributed by atoms with E-state index < -0.39 is 0 Å². The van der Waals surface area contributed by atoms with Gasteiger partial charge in [0.05, 0.1) is 7.11 Å². The van der Waals surface area contributed by atoms with Crippen molar-refractivity contribution < 1.29 is 9.13 Å². The molecular formula is C17H18FNO. The third-order valence-electron chi connectivity index (χ3n) is 4.10. The summed E-state index contributed by atoms with van der Waals surface area (Å²) in [6, 6.07) is 15.7. The lowest BCUT2D eigenvalue weighted by Crippen LogP contribution is -2.58. The lowest BCUT2D eigenvalue weighted by molar-refractivity contribution is 0.270. The van der Waals surface area contributed by atoms with Crippen LogP contribution in [0.4, 0.5) is 4.39 Å². The van der Waals surface area contributed by atoms with Gasteiger partial charge in [-0.3, -0.25) is 0 Å². The van der Waals surface area contributed by atoms with E-state index in [9.17, 15) is 4.39 Å². The molecule has 2 nitrogen and oxygen atoms in total. The molecule has 0 bridgehead atoms. The van der Waals surface area contributed by atoms with Crippen LogP contribution in [-0.4, -0.2) is 20.2 Å². The molecule has 0 atom stereocenters. The molecule has 1 fully saturated rings. The Morgan fingerprint density at radius 2 is 1.85 bits per heavy atom. The molecular weight excluding hydrogens is 253 g/mol. The first-order valence-electron chi connectivity index (χ1n) is 6.83. The van der Waals surface area contributed by atoms with Crippen LogP contribution in [-0.2, 0) is 11.8 Å². The van der Waals surface area contributed by atoms with Gasteiger partial charge >= 0.3 is 0 Å². The predicted molar refractivity (Wildman–Crippen MR) is 77.6 cm³/mol. The van der Waals surface area contributed by atoms with E-state index in [1.165, 1.54) is 12.7 Å². The highest BCUT2D eigenvalue weighted by Gasteiger charge is 2.39. The van der Waals surface area contributed by atoms with E-state index >= 15 is 0 Å². The van der Waals surface area contributed by atoms with Gasteiger partial charge < -0.3 is 10.1 Å². The number of ether oxygens (including phenoxy) is 1. The molecule has 3 heteroatoms. The Hall–Kier alpha value is -1.87. The maximum absolute atomic E-state index is 14.3. The highest BCUT2D eigenvalue weighted by molar-refractivity contribution is 5.37. The maximum atomic E-state index is 14.3. The first-order chi connectivity index (χ1) is 9.75. The Morgan fingerprint density at radius 1 is 1.10 bits per heavy atom. The third-order valence-corrected chi connectivity index (χ3v) is 4.10. The molecule has 2 aromatic carbocycles. The highest BCUT2D eigenvalue weighted by Crippen LogP contribution is 2.34. The normalized spacial score (nSPS) is 16.5. The van der Waals surface area contributed by atoms with Crippen LogP contribution in [0.2, 0.25) is 0 Å². The van der Waals surface area contributed by atoms with Crippen molar-refractivity contribution in [2.45, 2.75) is 11.8 Å². The van der Waals surface area contributed by atoms with Crippen LogP contribution in [0.3, 0.4) is 0 Å². The van der Waals surface area contributed by atoms with Crippen molar-refractivity contribution in [1.29, 1.82) is 0 Å². The zero-order valence-electron chi connectivity index (χ0n) is 11.5. The van der Waals surface area contributed by atoms with Gasteiger partial charge in [-0.1, -0.05) is 42.5 Å². The lowest BCUT2D eigenvalue weighted by Gasteiger charge is -2.43. The molecule has 1 saturated heterocycles. The molecule has 0 aromatic heterocycles. The molecule has 1 N–H and O–H groups in total. The Labute approximate surface area is 118 Å². The lowest BCUT2D eigenvalue weighted by atomic mass is 9.71. The van der Waals surface area contributed by atoms with E-state index in [1.807, 2.05) is 30.3 Å². The molecule has 1 aliphatic heterocycles. The summed E-state index contributed by atoms with van der Waals surface area (Å²) in [5, 5.41) is 3.32. The van der Waals surface area contributed by atoms with Crippen LogP contribution < -0.4 is 10.1 Å². The first kappa shape index (κ1) is 13.1. The van der Waals surface area contributed by atoms with Crippen LogP contribution in [0.25, 0.3) is 0 Å². The van der Waals surface area contributed by atoms with Gasteiger partial charge in [-0.15, -0.1) is 0 Å². The zero-order chi connectivity index (χ0) is 14.0. The van der Waals surface area contributed by atoms with Crippen molar-refractivity contribution in [3.05, 3.63) is 65.5 Å². The number of halogens is 1. The van der Waals surface area contributed by atoms with Crippen molar-refractivity contribution >= 4 is 0 Å². The number of benzene rings is 2. The molecule has 1 aliphatic rings. The highest BCUT2D eigenvalue weighted by atomic mass is 19.1. The Morgan fingerprint density at radius 3 is 2.45 bits per heavy atom. The number of nitrogens with one attached hydrogen (secondary N) is 1. The Bertz CT molecular complexity index is 593. The van der Waals surface area contributed by atoms with Crippen molar-refractivity contribution in [2.24, 2.45) is 0 Å². The largest absolute Gasteiger partial charge is 0.494 e. The SMILES string of the molecule is COc1cccc(CC2(c3ccccc3)CNC2)c1F. The first-order valence-corrected chi connectivity index (χ1v) is 6.83. The fourth-order valence-corrected chi connectivity index (χ4v) is 2.86. The molecule has 104 valence electrons. The molecule has 3 rings (SSSR count). The Kier molecular flexibility index (Phi) is 3.45. The van der Waals surface area contributed by atoms with Gasteiger partial charge in [-0.2, -0.15) is 0 Å². The fourth-order valence-electron chi connectivity index (χ4n) is 2.86. The average Bonchev–Trinajstić information content (AvgIpc) is 2.45. The second kappa shape index (κ2) is 5.25. The molecule has 0 unspecified atom stereocenters. The van der Waals surface area contributed by atoms with Crippen molar-refractivity contribution in [3.63, 3.8) is 0 Å². The molecule has 0 spiro atoms. The molecule has 0 aliphatic carbocycles. The number of methoxy groups -OCH3 is 1. The summed E-state index contributed by atoms with van der Waals surface area (Å²) in [7, 11) is 1.50. The number of hydrogen-bond acceptors (Lipinski definition) is 2. The molecule has 0 saturated carbocycles. The topological polar surface area (TPSA) is 21.3 Å². The van der Waals surface area contributed by atoms with Crippen LogP contribution in [0.5, 0.6) is 5.75 Å². The second-order valence-electron chi connectivity index (χ2n) is 5.36. The summed E-state index contributed by atoms with van der Waals surface area (Å²) in [4.78, 5) is 0. The summed E-state index contributed by atoms with van der Waals surface area (Å²) in [6.45, 7) is 1.77. The van der Waals surface area contributed by atoms with Crippen LogP contribution in [0, 0.1) is 5.82 Å². The smallest absolute Gasteiger partial charge is 0.168 e. The van der Waals surface area contributed by atoms with E-state index in [-0.39, 0.29) is 11.2 Å². The minimum absolute atomic E-state index is 0.00549. The molecule has 20 heavy (non-hydrogen) atoms. The van der Waals surface area contributed by atoms with E-state index in [4.69, 9.17) is 4.74 Å². The molecule has 0 amide bonds. The van der Waals surface area contributed by atoms with Gasteiger partial charge in [0.15, 0.2) is 11.6 Å². The molecule has 2 aromatic rings. The minimum atomic E-state index is -0.239. The van der Waals surface area contributed by atoms with Gasteiger partial charge in [0, 0.05) is 18.5 Å². The van der Waals surface area contributed by atoms with Crippen LogP contribution >= 0.6 is 0 Å². The molecule has 0 radical (unpaired) electrons. The summed E-state index contributed by atoms with van der Waals surface area (Å²) >= 11 is 0. The van der Waals surface area contributed by atoms with Crippen molar-refractivity contribution in [2.75, 3.05) is 20.2 Å². The summed E-state index contributed by atoms with van der Waals surface area (Å²) < 4.78 is 19.4. The summed E-state index contributed by atoms with van der Waals surface area (Å²) in [5.74, 6) is 0.0789. The maximum Gasteiger partial charge on any atom is 0.168 e. The van der Waals surface area contributed by atoms with Gasteiger partial charge in [-0.05, 0) is 23.6 Å². The van der Waals surface area contributed by atoms with Gasteiger partial charge in [0.1, 0.15) is 0 Å². The second-order valence-corrected chi connectivity index (χ2v) is 5.36. The van der Waals surface area contributed by atoms with E-state index in [0.717, 1.165) is 18.7 Å². The van der Waals surface area contributed by atoms with E-state index in [1.54, 1.807) is 6.07 Å². The van der Waals surface area contributed by atoms with E-state index in [0.29, 0.717) is 12.2 Å². The van der Waals surface area contributed by atoms with E-state index in [2.05, 4.69) is 17.4 Å². The average molecular weight is 271 g/mol. The minimum Gasteiger partial charge on any atom is -0.494 e. The third kappa shape index (κ3) is 2.18. The standard InChI is InChI=1S/C17H18FNO/c1-20-15-9-5-6-13(16(15)18)10-17(11-19-12-17)14-7-3-2-4-8-14/h2-9,19H,10-12H2,1H3.